The monoisotopic (exact) mass is 387 g/mol. The number of nitrogens with zero attached hydrogens (tertiary/aromatic N) is 3. The molecule has 0 radical (unpaired) electrons. The predicted molar refractivity (Wildman–Crippen MR) is 105 cm³/mol. The molecule has 2 aromatic heterocycles. The molecule has 0 spiro atoms. The first-order valence-electron chi connectivity index (χ1n) is 9.39. The van der Waals surface area contributed by atoms with Gasteiger partial charge in [-0.1, -0.05) is 38.5 Å². The highest BCUT2D eigenvalue weighted by atomic mass is 16.5. The Morgan fingerprint density at radius 3 is 2.89 bits per heavy atom. The van der Waals surface area contributed by atoms with Crippen molar-refractivity contribution in [3.05, 3.63) is 34.3 Å². The molecule has 0 saturated carbocycles. The van der Waals surface area contributed by atoms with Crippen molar-refractivity contribution in [3.63, 3.8) is 0 Å². The molecule has 0 saturated heterocycles. The second kappa shape index (κ2) is 7.87. The summed E-state index contributed by atoms with van der Waals surface area (Å²) in [6, 6.07) is 0.127. The van der Waals surface area contributed by atoms with E-state index in [2.05, 4.69) is 15.0 Å². The van der Waals surface area contributed by atoms with Gasteiger partial charge in [-0.15, -0.1) is 0 Å². The molecule has 1 unspecified atom stereocenters. The van der Waals surface area contributed by atoms with Crippen LogP contribution >= 0.6 is 0 Å². The molecule has 1 atom stereocenters. The number of rotatable bonds is 8. The van der Waals surface area contributed by atoms with E-state index in [1.54, 1.807) is 12.2 Å². The molecule has 0 amide bonds. The Morgan fingerprint density at radius 2 is 2.21 bits per heavy atom. The number of nitrogens with two attached hydrogens (primary N) is 1. The maximum atomic E-state index is 12.6. The van der Waals surface area contributed by atoms with Crippen molar-refractivity contribution in [3.8, 4) is 6.01 Å². The van der Waals surface area contributed by atoms with Crippen molar-refractivity contribution >= 4 is 23.0 Å². The molecule has 150 valence electrons. The number of hydrogen-bond donors (Lipinski definition) is 3. The Morgan fingerprint density at radius 1 is 1.43 bits per heavy atom. The van der Waals surface area contributed by atoms with Gasteiger partial charge in [-0.3, -0.25) is 4.57 Å². The second-order valence-corrected chi connectivity index (χ2v) is 7.06. The normalized spacial score (nSPS) is 19.0. The molecule has 2 heterocycles. The second-order valence-electron chi connectivity index (χ2n) is 7.06. The summed E-state index contributed by atoms with van der Waals surface area (Å²) >= 11 is 0. The van der Waals surface area contributed by atoms with Gasteiger partial charge in [0, 0.05) is 17.5 Å². The van der Waals surface area contributed by atoms with Gasteiger partial charge < -0.3 is 20.6 Å². The summed E-state index contributed by atoms with van der Waals surface area (Å²) in [5, 5.41) is 9.36. The molecule has 0 fully saturated rings. The van der Waals surface area contributed by atoms with E-state index < -0.39 is 11.4 Å². The molecule has 0 bridgehead atoms. The van der Waals surface area contributed by atoms with Crippen LogP contribution < -0.4 is 16.2 Å². The van der Waals surface area contributed by atoms with Crippen LogP contribution in [0.5, 0.6) is 6.01 Å². The van der Waals surface area contributed by atoms with Gasteiger partial charge in [0.1, 0.15) is 5.52 Å². The summed E-state index contributed by atoms with van der Waals surface area (Å²) in [5.41, 5.74) is 6.14. The number of unbranched alkanes of at least 4 members (excludes halogenated alkanes) is 1. The number of nitrogens with one attached hydrogen (secondary N) is 1. The molecular weight excluding hydrogens is 362 g/mol. The molecule has 4 N–H and O–H groups in total. The minimum absolute atomic E-state index is 0.127. The molecule has 1 aliphatic carbocycles. The van der Waals surface area contributed by atoms with Crippen LogP contribution in [0.15, 0.2) is 28.6 Å². The molecule has 9 heteroatoms. The molecular formula is C19H25N5O4. The zero-order valence-corrected chi connectivity index (χ0v) is 16.1. The van der Waals surface area contributed by atoms with Crippen LogP contribution in [0.3, 0.4) is 0 Å². The number of imidazole rings is 1. The van der Waals surface area contributed by atoms with E-state index in [9.17, 15) is 14.7 Å². The minimum Gasteiger partial charge on any atom is -0.478 e. The van der Waals surface area contributed by atoms with Crippen molar-refractivity contribution in [1.82, 2.24) is 19.5 Å². The van der Waals surface area contributed by atoms with E-state index >= 15 is 0 Å². The van der Waals surface area contributed by atoms with Crippen LogP contribution in [0.25, 0.3) is 11.2 Å². The number of carboxylic acid groups (broad SMARTS) is 1. The standard InChI is InChI=1S/C19H25N5O4/c1-3-5-9-28-17-22-14(20)13-15(23-17)24(18(27)21-13)11-19(4-2)8-6-7-12(10-19)16(25)26/h6-8H,3-5,9-11H2,1-2H3,(H,21,27)(H,25,26)(H2,20,22,23). The number of nitrogen functional groups attached to an aromatic ring is 1. The quantitative estimate of drug-likeness (QED) is 0.591. The number of aromatic amines is 1. The van der Waals surface area contributed by atoms with Gasteiger partial charge in [-0.25, -0.2) is 9.59 Å². The Kier molecular flexibility index (Phi) is 5.53. The number of fused-ring (bicyclic) bond motifs is 1. The van der Waals surface area contributed by atoms with Gasteiger partial charge >= 0.3 is 17.7 Å². The van der Waals surface area contributed by atoms with Crippen molar-refractivity contribution in [2.24, 2.45) is 5.41 Å². The van der Waals surface area contributed by atoms with Crippen molar-refractivity contribution in [1.29, 1.82) is 0 Å². The van der Waals surface area contributed by atoms with E-state index in [0.29, 0.717) is 36.2 Å². The molecule has 28 heavy (non-hydrogen) atoms. The zero-order valence-electron chi connectivity index (χ0n) is 16.1. The van der Waals surface area contributed by atoms with E-state index in [4.69, 9.17) is 10.5 Å². The maximum Gasteiger partial charge on any atom is 0.331 e. The van der Waals surface area contributed by atoms with Gasteiger partial charge in [0.05, 0.1) is 6.61 Å². The summed E-state index contributed by atoms with van der Waals surface area (Å²) in [7, 11) is 0. The van der Waals surface area contributed by atoms with Crippen molar-refractivity contribution < 1.29 is 14.6 Å². The summed E-state index contributed by atoms with van der Waals surface area (Å²) in [4.78, 5) is 35.2. The molecule has 0 aliphatic heterocycles. The van der Waals surface area contributed by atoms with Crippen LogP contribution in [0, 0.1) is 5.41 Å². The lowest BCUT2D eigenvalue weighted by atomic mass is 9.76. The van der Waals surface area contributed by atoms with Crippen LogP contribution in [0.4, 0.5) is 5.82 Å². The highest BCUT2D eigenvalue weighted by Crippen LogP contribution is 2.37. The Bertz CT molecular complexity index is 1000. The number of carbonyl (C=O) groups is 1. The fraction of sp³-hybridized carbons (Fsp3) is 0.474. The first-order valence-corrected chi connectivity index (χ1v) is 9.39. The highest BCUT2D eigenvalue weighted by molar-refractivity contribution is 5.87. The minimum atomic E-state index is -0.952. The largest absolute Gasteiger partial charge is 0.478 e. The number of hydrogen-bond acceptors (Lipinski definition) is 6. The van der Waals surface area contributed by atoms with Gasteiger partial charge in [-0.2, -0.15) is 9.97 Å². The summed E-state index contributed by atoms with van der Waals surface area (Å²) in [6.07, 6.45) is 8.09. The third-order valence-corrected chi connectivity index (χ3v) is 5.10. The number of aromatic nitrogens is 4. The molecule has 3 rings (SSSR count). The van der Waals surface area contributed by atoms with Crippen LogP contribution in [0.1, 0.15) is 39.5 Å². The lowest BCUT2D eigenvalue weighted by Gasteiger charge is -2.32. The zero-order chi connectivity index (χ0) is 20.3. The third kappa shape index (κ3) is 3.78. The summed E-state index contributed by atoms with van der Waals surface area (Å²) in [6.45, 7) is 4.75. The Labute approximate surface area is 161 Å². The van der Waals surface area contributed by atoms with Gasteiger partial charge in [0.2, 0.25) is 0 Å². The van der Waals surface area contributed by atoms with Gasteiger partial charge in [-0.05, 0) is 19.3 Å². The maximum absolute atomic E-state index is 12.6. The van der Waals surface area contributed by atoms with E-state index in [-0.39, 0.29) is 24.1 Å². The number of carboxylic acids is 1. The number of ether oxygens (including phenoxy) is 1. The van der Waals surface area contributed by atoms with Crippen LogP contribution in [-0.4, -0.2) is 37.2 Å². The molecule has 9 nitrogen and oxygen atoms in total. The van der Waals surface area contributed by atoms with E-state index in [1.807, 2.05) is 19.9 Å². The molecule has 1 aliphatic rings. The van der Waals surface area contributed by atoms with Gasteiger partial charge in [0.25, 0.3) is 0 Å². The Hall–Kier alpha value is -3.10. The average Bonchev–Trinajstić information content (AvgIpc) is 2.98. The smallest absolute Gasteiger partial charge is 0.331 e. The van der Waals surface area contributed by atoms with E-state index in [0.717, 1.165) is 12.8 Å². The first kappa shape index (κ1) is 19.7. The fourth-order valence-corrected chi connectivity index (χ4v) is 3.34. The third-order valence-electron chi connectivity index (χ3n) is 5.10. The average molecular weight is 387 g/mol. The van der Waals surface area contributed by atoms with Crippen molar-refractivity contribution in [2.45, 2.75) is 46.1 Å². The fourth-order valence-electron chi connectivity index (χ4n) is 3.34. The first-order chi connectivity index (χ1) is 13.4. The topological polar surface area (TPSA) is 136 Å². The van der Waals surface area contributed by atoms with Gasteiger partial charge in [0.15, 0.2) is 11.5 Å². The number of anilines is 1. The lowest BCUT2D eigenvalue weighted by molar-refractivity contribution is -0.133. The highest BCUT2D eigenvalue weighted by Gasteiger charge is 2.32. The van der Waals surface area contributed by atoms with Crippen molar-refractivity contribution in [2.75, 3.05) is 12.3 Å². The summed E-state index contributed by atoms with van der Waals surface area (Å²) < 4.78 is 7.04. The SMILES string of the molecule is CCCCOc1nc(N)c2[nH]c(=O)n(CC3(CC)C=CC=C(C(=O)O)C3)c2n1. The van der Waals surface area contributed by atoms with Crippen LogP contribution in [0.2, 0.25) is 0 Å². The van der Waals surface area contributed by atoms with Crippen LogP contribution in [-0.2, 0) is 11.3 Å². The summed E-state index contributed by atoms with van der Waals surface area (Å²) in [5.74, 6) is -0.810. The number of aliphatic carboxylic acids is 1. The molecule has 0 aromatic carbocycles. The molecule has 2 aromatic rings. The predicted octanol–water partition coefficient (Wildman–Crippen LogP) is 2.25. The number of H-pyrrole nitrogens is 1. The number of allylic oxidation sites excluding steroid dienone is 3. The Balaban J connectivity index is 1.99. The lowest BCUT2D eigenvalue weighted by Crippen LogP contribution is -2.32. The van der Waals surface area contributed by atoms with E-state index in [1.165, 1.54) is 4.57 Å².